The average molecular weight is 158 g/mol. The molecule has 0 bridgehead atoms. The molecule has 1 aromatic carbocycles. The van der Waals surface area contributed by atoms with Crippen molar-refractivity contribution in [1.82, 2.24) is 0 Å². The van der Waals surface area contributed by atoms with Gasteiger partial charge in [-0.05, 0) is 25.0 Å². The van der Waals surface area contributed by atoms with Crippen LogP contribution in [0.25, 0.3) is 0 Å². The lowest BCUT2D eigenvalue weighted by molar-refractivity contribution is 0.615. The Balaban J connectivity index is 3.14. The van der Waals surface area contributed by atoms with E-state index in [2.05, 4.69) is 6.92 Å². The van der Waals surface area contributed by atoms with Crippen LogP contribution in [-0.2, 0) is 6.42 Å². The zero-order chi connectivity index (χ0) is 7.56. The Kier molecular flexibility index (Phi) is 2.28. The van der Waals surface area contributed by atoms with Crippen LogP contribution < -0.4 is 0 Å². The summed E-state index contributed by atoms with van der Waals surface area (Å²) in [6, 6.07) is 4.91. The Morgan fingerprint density at radius 3 is 2.70 bits per heavy atom. The van der Waals surface area contributed by atoms with Gasteiger partial charge in [-0.1, -0.05) is 23.7 Å². The van der Waals surface area contributed by atoms with Crippen LogP contribution in [0.2, 0.25) is 5.02 Å². The van der Waals surface area contributed by atoms with Crippen molar-refractivity contribution in [2.24, 2.45) is 0 Å². The van der Waals surface area contributed by atoms with E-state index in [0.29, 0.717) is 12.0 Å². The molecule has 0 spiro atoms. The predicted octanol–water partition coefficient (Wildman–Crippen LogP) is 2.86. The summed E-state index contributed by atoms with van der Waals surface area (Å²) in [6.45, 7) is 3.56. The summed E-state index contributed by atoms with van der Waals surface area (Å²) in [7, 11) is 0. The molecule has 0 aliphatic rings. The van der Waals surface area contributed by atoms with Crippen LogP contribution in [0, 0.1) is 12.7 Å². The Labute approximate surface area is 64.6 Å². The fourth-order valence-corrected chi connectivity index (χ4v) is 0.936. The molecule has 1 aromatic rings. The SMILES string of the molecule is [CH2]Cc1cccc(Cl)c1F. The van der Waals surface area contributed by atoms with Gasteiger partial charge < -0.3 is 0 Å². The molecule has 0 aliphatic carbocycles. The topological polar surface area (TPSA) is 0 Å². The zero-order valence-corrected chi connectivity index (χ0v) is 6.16. The Morgan fingerprint density at radius 2 is 2.20 bits per heavy atom. The first-order valence-electron chi connectivity index (χ1n) is 2.98. The van der Waals surface area contributed by atoms with Crippen LogP contribution in [0.1, 0.15) is 5.56 Å². The van der Waals surface area contributed by atoms with Crippen molar-refractivity contribution in [3.63, 3.8) is 0 Å². The molecule has 0 saturated heterocycles. The van der Waals surface area contributed by atoms with E-state index in [0.717, 1.165) is 0 Å². The van der Waals surface area contributed by atoms with E-state index in [1.54, 1.807) is 12.1 Å². The first kappa shape index (κ1) is 7.55. The standard InChI is InChI=1S/C8H7ClF/c1-2-6-4-3-5-7(9)8(6)10/h3-5H,1-2H2. The van der Waals surface area contributed by atoms with Gasteiger partial charge in [-0.25, -0.2) is 4.39 Å². The summed E-state index contributed by atoms with van der Waals surface area (Å²) >= 11 is 5.49. The number of hydrogen-bond acceptors (Lipinski definition) is 0. The summed E-state index contributed by atoms with van der Waals surface area (Å²) in [5.74, 6) is -0.348. The van der Waals surface area contributed by atoms with E-state index < -0.39 is 0 Å². The lowest BCUT2D eigenvalue weighted by Gasteiger charge is -1.98. The van der Waals surface area contributed by atoms with Gasteiger partial charge in [0, 0.05) is 0 Å². The van der Waals surface area contributed by atoms with Crippen LogP contribution in [0.5, 0.6) is 0 Å². The van der Waals surface area contributed by atoms with Crippen molar-refractivity contribution in [3.8, 4) is 0 Å². The Morgan fingerprint density at radius 1 is 1.50 bits per heavy atom. The molecule has 2 heteroatoms. The molecule has 0 fully saturated rings. The minimum absolute atomic E-state index is 0.168. The number of halogens is 2. The lowest BCUT2D eigenvalue weighted by Crippen LogP contribution is -1.86. The van der Waals surface area contributed by atoms with Crippen molar-refractivity contribution in [3.05, 3.63) is 41.5 Å². The van der Waals surface area contributed by atoms with Crippen LogP contribution >= 0.6 is 11.6 Å². The predicted molar refractivity (Wildman–Crippen MR) is 40.5 cm³/mol. The molecule has 1 rings (SSSR count). The molecule has 0 heterocycles. The number of benzene rings is 1. The maximum Gasteiger partial charge on any atom is 0.144 e. The molecule has 0 nitrogen and oxygen atoms in total. The molecular formula is C8H7ClF. The van der Waals surface area contributed by atoms with Gasteiger partial charge >= 0.3 is 0 Å². The second kappa shape index (κ2) is 3.02. The van der Waals surface area contributed by atoms with Crippen LogP contribution in [0.4, 0.5) is 4.39 Å². The van der Waals surface area contributed by atoms with Gasteiger partial charge in [0.25, 0.3) is 0 Å². The van der Waals surface area contributed by atoms with Crippen molar-refractivity contribution in [2.75, 3.05) is 0 Å². The highest BCUT2D eigenvalue weighted by molar-refractivity contribution is 6.30. The maximum atomic E-state index is 12.8. The van der Waals surface area contributed by atoms with E-state index >= 15 is 0 Å². The summed E-state index contributed by atoms with van der Waals surface area (Å²) in [5.41, 5.74) is 0.563. The maximum absolute atomic E-state index is 12.8. The van der Waals surface area contributed by atoms with E-state index in [-0.39, 0.29) is 10.8 Å². The molecule has 0 atom stereocenters. The molecule has 0 N–H and O–H groups in total. The summed E-state index contributed by atoms with van der Waals surface area (Å²) in [6.07, 6.45) is 0.437. The average Bonchev–Trinajstić information content (AvgIpc) is 1.95. The Hall–Kier alpha value is -0.560. The largest absolute Gasteiger partial charge is 0.205 e. The summed E-state index contributed by atoms with van der Waals surface area (Å²) in [5, 5.41) is 0.168. The highest BCUT2D eigenvalue weighted by Gasteiger charge is 2.02. The molecule has 0 unspecified atom stereocenters. The number of hydrogen-bond donors (Lipinski definition) is 0. The highest BCUT2D eigenvalue weighted by Crippen LogP contribution is 2.17. The first-order chi connectivity index (χ1) is 4.75. The van der Waals surface area contributed by atoms with E-state index in [1.165, 1.54) is 6.07 Å². The minimum atomic E-state index is -0.348. The normalized spacial score (nSPS) is 9.90. The van der Waals surface area contributed by atoms with Gasteiger partial charge in [0.15, 0.2) is 0 Å². The molecule has 0 aliphatic heterocycles. The third kappa shape index (κ3) is 1.29. The van der Waals surface area contributed by atoms with E-state index in [4.69, 9.17) is 11.6 Å². The highest BCUT2D eigenvalue weighted by atomic mass is 35.5. The molecule has 53 valence electrons. The molecule has 1 radical (unpaired) electrons. The van der Waals surface area contributed by atoms with Gasteiger partial charge in [-0.15, -0.1) is 0 Å². The lowest BCUT2D eigenvalue weighted by atomic mass is 10.2. The summed E-state index contributed by atoms with van der Waals surface area (Å²) in [4.78, 5) is 0. The first-order valence-corrected chi connectivity index (χ1v) is 3.35. The van der Waals surface area contributed by atoms with Gasteiger partial charge in [0.1, 0.15) is 5.82 Å². The molecule has 0 amide bonds. The zero-order valence-electron chi connectivity index (χ0n) is 5.40. The fourth-order valence-electron chi connectivity index (χ4n) is 0.742. The van der Waals surface area contributed by atoms with Gasteiger partial charge in [0.2, 0.25) is 0 Å². The second-order valence-electron chi connectivity index (χ2n) is 1.96. The smallest absolute Gasteiger partial charge is 0.144 e. The van der Waals surface area contributed by atoms with Gasteiger partial charge in [0.05, 0.1) is 5.02 Å². The quantitative estimate of drug-likeness (QED) is 0.588. The fraction of sp³-hybridized carbons (Fsp3) is 0.125. The van der Waals surface area contributed by atoms with Gasteiger partial charge in [-0.2, -0.15) is 0 Å². The van der Waals surface area contributed by atoms with E-state index in [1.807, 2.05) is 0 Å². The van der Waals surface area contributed by atoms with Crippen molar-refractivity contribution in [2.45, 2.75) is 6.42 Å². The van der Waals surface area contributed by atoms with Crippen LogP contribution in [0.3, 0.4) is 0 Å². The number of rotatable bonds is 1. The summed E-state index contributed by atoms with van der Waals surface area (Å²) < 4.78 is 12.8. The third-order valence-electron chi connectivity index (χ3n) is 1.30. The van der Waals surface area contributed by atoms with Crippen LogP contribution in [-0.4, -0.2) is 0 Å². The van der Waals surface area contributed by atoms with Crippen molar-refractivity contribution >= 4 is 11.6 Å². The van der Waals surface area contributed by atoms with Crippen molar-refractivity contribution < 1.29 is 4.39 Å². The van der Waals surface area contributed by atoms with Gasteiger partial charge in [-0.3, -0.25) is 0 Å². The van der Waals surface area contributed by atoms with Crippen LogP contribution in [0.15, 0.2) is 18.2 Å². The second-order valence-corrected chi connectivity index (χ2v) is 2.37. The monoisotopic (exact) mass is 157 g/mol. The van der Waals surface area contributed by atoms with Crippen molar-refractivity contribution in [1.29, 1.82) is 0 Å². The van der Waals surface area contributed by atoms with E-state index in [9.17, 15) is 4.39 Å². The Bertz CT molecular complexity index is 233. The molecule has 0 saturated carbocycles. The molecular weight excluding hydrogens is 151 g/mol. The molecule has 0 aromatic heterocycles. The third-order valence-corrected chi connectivity index (χ3v) is 1.59. The minimum Gasteiger partial charge on any atom is -0.205 e. The molecule has 10 heavy (non-hydrogen) atoms.